The van der Waals surface area contributed by atoms with Gasteiger partial charge in [-0.15, -0.1) is 0 Å². The van der Waals surface area contributed by atoms with Gasteiger partial charge in [-0.1, -0.05) is 29.8 Å². The molecule has 1 atom stereocenters. The lowest BCUT2D eigenvalue weighted by Gasteiger charge is -2.38. The van der Waals surface area contributed by atoms with Gasteiger partial charge in [0.15, 0.2) is 0 Å². The fraction of sp³-hybridized carbons (Fsp3) is 0.444. The molecule has 1 aromatic heterocycles. The number of anilines is 1. The Morgan fingerprint density at radius 2 is 2.00 bits per heavy atom. The summed E-state index contributed by atoms with van der Waals surface area (Å²) in [6.45, 7) is 1.67. The van der Waals surface area contributed by atoms with Crippen molar-refractivity contribution >= 4 is 17.5 Å². The first-order valence-electron chi connectivity index (χ1n) is 8.48. The van der Waals surface area contributed by atoms with Crippen LogP contribution in [0.25, 0.3) is 0 Å². The van der Waals surface area contributed by atoms with E-state index in [1.807, 2.05) is 24.3 Å². The molecule has 1 aliphatic heterocycles. The lowest BCUT2D eigenvalue weighted by molar-refractivity contribution is 0.105. The highest BCUT2D eigenvalue weighted by Crippen LogP contribution is 2.42. The van der Waals surface area contributed by atoms with Gasteiger partial charge in [-0.2, -0.15) is 0 Å². The Hall–Kier alpha value is -1.73. The zero-order valence-electron chi connectivity index (χ0n) is 14.0. The third-order valence-electron chi connectivity index (χ3n) is 4.70. The van der Waals surface area contributed by atoms with E-state index >= 15 is 0 Å². The normalized spacial score (nSPS) is 17.9. The van der Waals surface area contributed by atoms with Crippen LogP contribution < -0.4 is 10.6 Å². The van der Waals surface area contributed by atoms with Crippen LogP contribution in [0.3, 0.4) is 0 Å². The van der Waals surface area contributed by atoms with Crippen molar-refractivity contribution in [3.05, 3.63) is 52.8 Å². The Balaban J connectivity index is 1.96. The van der Waals surface area contributed by atoms with E-state index in [-0.39, 0.29) is 18.6 Å². The van der Waals surface area contributed by atoms with Gasteiger partial charge < -0.3 is 20.8 Å². The number of aromatic nitrogens is 2. The highest BCUT2D eigenvalue weighted by atomic mass is 35.5. The fourth-order valence-corrected chi connectivity index (χ4v) is 3.67. The minimum atomic E-state index is -0.844. The lowest BCUT2D eigenvalue weighted by Crippen LogP contribution is -2.41. The second-order valence-electron chi connectivity index (χ2n) is 6.29. The van der Waals surface area contributed by atoms with Crippen LogP contribution >= 0.6 is 11.6 Å². The number of halogens is 1. The molecule has 2 aromatic rings. The summed E-state index contributed by atoms with van der Waals surface area (Å²) >= 11 is 6.52. The molecule has 1 unspecified atom stereocenters. The average Bonchev–Trinajstić information content (AvgIpc) is 2.67. The summed E-state index contributed by atoms with van der Waals surface area (Å²) in [5.41, 5.74) is 1.73. The lowest BCUT2D eigenvalue weighted by atomic mass is 9.70. The molecule has 1 fully saturated rings. The summed E-state index contributed by atoms with van der Waals surface area (Å²) in [6, 6.07) is 9.85. The van der Waals surface area contributed by atoms with E-state index in [0.717, 1.165) is 42.2 Å². The van der Waals surface area contributed by atoms with Gasteiger partial charge in [0.2, 0.25) is 5.95 Å². The molecule has 0 saturated carbocycles. The van der Waals surface area contributed by atoms with E-state index in [1.165, 1.54) is 0 Å². The maximum Gasteiger partial charge on any atom is 0.222 e. The quantitative estimate of drug-likeness (QED) is 0.623. The molecule has 3 rings (SSSR count). The number of nitrogens with zero attached hydrogens (tertiary/aromatic N) is 2. The van der Waals surface area contributed by atoms with E-state index in [4.69, 9.17) is 21.7 Å². The van der Waals surface area contributed by atoms with Crippen molar-refractivity contribution in [3.8, 4) is 0 Å². The molecule has 0 bridgehead atoms. The van der Waals surface area contributed by atoms with Gasteiger partial charge in [0.25, 0.3) is 0 Å². The van der Waals surface area contributed by atoms with Crippen LogP contribution in [0.15, 0.2) is 36.5 Å². The molecule has 4 N–H and O–H groups in total. The molecule has 0 amide bonds. The molecule has 0 radical (unpaired) electrons. The smallest absolute Gasteiger partial charge is 0.222 e. The monoisotopic (exact) mass is 362 g/mol. The highest BCUT2D eigenvalue weighted by Gasteiger charge is 2.38. The Morgan fingerprint density at radius 3 is 2.72 bits per heavy atom. The predicted octanol–water partition coefficient (Wildman–Crippen LogP) is 1.56. The molecule has 0 aliphatic carbocycles. The number of rotatable bonds is 6. The first kappa shape index (κ1) is 18.1. The van der Waals surface area contributed by atoms with E-state index in [1.54, 1.807) is 6.20 Å². The van der Waals surface area contributed by atoms with Gasteiger partial charge in [0.05, 0.1) is 18.4 Å². The second kappa shape index (κ2) is 8.10. The number of benzene rings is 1. The first-order chi connectivity index (χ1) is 12.2. The molecule has 1 aliphatic rings. The summed E-state index contributed by atoms with van der Waals surface area (Å²) in [4.78, 5) is 8.92. The van der Waals surface area contributed by atoms with E-state index in [2.05, 4.69) is 21.7 Å². The first-order valence-corrected chi connectivity index (χ1v) is 8.85. The van der Waals surface area contributed by atoms with E-state index in [0.29, 0.717) is 5.95 Å². The molecule has 134 valence electrons. The minimum Gasteiger partial charge on any atom is -0.394 e. The standard InChI is InChI=1S/C18H23ClN4O2/c19-15-4-2-1-3-14(15)18(6-9-20-10-7-18)16-5-8-21-17(23-16)22-11-13(25)12-24/h1-5,8,13,20,24-25H,6-7,9-12H2,(H,21,22,23). The zero-order valence-corrected chi connectivity index (χ0v) is 14.7. The van der Waals surface area contributed by atoms with Gasteiger partial charge in [0.1, 0.15) is 0 Å². The van der Waals surface area contributed by atoms with Gasteiger partial charge in [-0.05, 0) is 43.6 Å². The Kier molecular flexibility index (Phi) is 5.86. The maximum absolute atomic E-state index is 9.51. The zero-order chi connectivity index (χ0) is 17.7. The van der Waals surface area contributed by atoms with Crippen molar-refractivity contribution in [2.45, 2.75) is 24.4 Å². The Bertz CT molecular complexity index is 707. The molecule has 6 nitrogen and oxygen atoms in total. The SMILES string of the molecule is OCC(O)CNc1nccc(C2(c3ccccc3Cl)CCNCC2)n1. The molecule has 1 saturated heterocycles. The highest BCUT2D eigenvalue weighted by molar-refractivity contribution is 6.31. The number of hydrogen-bond acceptors (Lipinski definition) is 6. The molecule has 25 heavy (non-hydrogen) atoms. The molecule has 7 heteroatoms. The van der Waals surface area contributed by atoms with Crippen LogP contribution in [0.1, 0.15) is 24.1 Å². The molecule has 0 spiro atoms. The number of nitrogens with one attached hydrogen (secondary N) is 2. The van der Waals surface area contributed by atoms with Crippen LogP contribution in [-0.2, 0) is 5.41 Å². The topological polar surface area (TPSA) is 90.3 Å². The Morgan fingerprint density at radius 1 is 1.24 bits per heavy atom. The number of aliphatic hydroxyl groups is 2. The number of hydrogen-bond donors (Lipinski definition) is 4. The summed E-state index contributed by atoms with van der Waals surface area (Å²) in [7, 11) is 0. The number of piperidine rings is 1. The van der Waals surface area contributed by atoms with Gasteiger partial charge >= 0.3 is 0 Å². The van der Waals surface area contributed by atoms with Crippen LogP contribution in [0.2, 0.25) is 5.02 Å². The Labute approximate surface area is 152 Å². The van der Waals surface area contributed by atoms with Crippen molar-refractivity contribution in [2.24, 2.45) is 0 Å². The largest absolute Gasteiger partial charge is 0.394 e. The van der Waals surface area contributed by atoms with Crippen molar-refractivity contribution in [2.75, 3.05) is 31.6 Å². The second-order valence-corrected chi connectivity index (χ2v) is 6.70. The van der Waals surface area contributed by atoms with Crippen molar-refractivity contribution < 1.29 is 10.2 Å². The number of aliphatic hydroxyl groups excluding tert-OH is 2. The van der Waals surface area contributed by atoms with Crippen molar-refractivity contribution in [3.63, 3.8) is 0 Å². The van der Waals surface area contributed by atoms with E-state index in [9.17, 15) is 5.11 Å². The van der Waals surface area contributed by atoms with Crippen LogP contribution in [0, 0.1) is 0 Å². The van der Waals surface area contributed by atoms with Gasteiger partial charge in [-0.25, -0.2) is 9.97 Å². The molecular weight excluding hydrogens is 340 g/mol. The minimum absolute atomic E-state index is 0.195. The van der Waals surface area contributed by atoms with E-state index < -0.39 is 6.10 Å². The molecule has 1 aromatic carbocycles. The summed E-state index contributed by atoms with van der Waals surface area (Å²) in [5, 5.41) is 25.6. The summed E-state index contributed by atoms with van der Waals surface area (Å²) in [5.74, 6) is 0.440. The third-order valence-corrected chi connectivity index (χ3v) is 5.03. The van der Waals surface area contributed by atoms with Gasteiger partial charge in [-0.3, -0.25) is 0 Å². The molecule has 2 heterocycles. The summed E-state index contributed by atoms with van der Waals surface area (Å²) in [6.07, 6.45) is 2.67. The van der Waals surface area contributed by atoms with Crippen molar-refractivity contribution in [1.29, 1.82) is 0 Å². The average molecular weight is 363 g/mol. The molecular formula is C18H23ClN4O2. The van der Waals surface area contributed by atoms with Crippen LogP contribution in [0.4, 0.5) is 5.95 Å². The third kappa shape index (κ3) is 3.93. The fourth-order valence-electron chi connectivity index (χ4n) is 3.35. The summed E-state index contributed by atoms with van der Waals surface area (Å²) < 4.78 is 0. The predicted molar refractivity (Wildman–Crippen MR) is 98.0 cm³/mol. The van der Waals surface area contributed by atoms with Crippen LogP contribution in [0.5, 0.6) is 0 Å². The van der Waals surface area contributed by atoms with Gasteiger partial charge in [0, 0.05) is 23.2 Å². The maximum atomic E-state index is 9.51. The van der Waals surface area contributed by atoms with Crippen molar-refractivity contribution in [1.82, 2.24) is 15.3 Å². The van der Waals surface area contributed by atoms with Crippen LogP contribution in [-0.4, -0.2) is 52.5 Å².